The van der Waals surface area contributed by atoms with Crippen molar-refractivity contribution in [2.45, 2.75) is 22.7 Å². The van der Waals surface area contributed by atoms with Crippen LogP contribution in [0.25, 0.3) is 11.4 Å². The summed E-state index contributed by atoms with van der Waals surface area (Å²) in [5, 5.41) is 4.32. The summed E-state index contributed by atoms with van der Waals surface area (Å²) < 4.78 is 38.5. The van der Waals surface area contributed by atoms with E-state index < -0.39 is 28.8 Å². The zero-order valence-electron chi connectivity index (χ0n) is 15.8. The van der Waals surface area contributed by atoms with Crippen LogP contribution in [-0.4, -0.2) is 27.0 Å². The van der Waals surface area contributed by atoms with Crippen molar-refractivity contribution >= 4 is 35.0 Å². The number of halogens is 3. The number of hydrogen-bond donors (Lipinski definition) is 2. The van der Waals surface area contributed by atoms with Crippen LogP contribution in [0, 0.1) is 0 Å². The number of fused-ring (bicyclic) bond motifs is 1. The number of rotatable bonds is 4. The van der Waals surface area contributed by atoms with Crippen molar-refractivity contribution in [3.63, 3.8) is 0 Å². The molecule has 1 aliphatic heterocycles. The van der Waals surface area contributed by atoms with E-state index in [1.807, 2.05) is 30.3 Å². The maximum Gasteiger partial charge on any atom is 0.416 e. The zero-order valence-corrected chi connectivity index (χ0v) is 16.6. The van der Waals surface area contributed by atoms with E-state index in [4.69, 9.17) is 0 Å². The molecule has 0 spiro atoms. The fraction of sp³-hybridized carbons (Fsp3) is 0.143. The summed E-state index contributed by atoms with van der Waals surface area (Å²) in [7, 11) is 0. The van der Waals surface area contributed by atoms with Gasteiger partial charge in [0.15, 0.2) is 5.82 Å². The summed E-state index contributed by atoms with van der Waals surface area (Å²) in [6, 6.07) is 12.5. The van der Waals surface area contributed by atoms with Crippen molar-refractivity contribution in [2.24, 2.45) is 0 Å². The fourth-order valence-corrected chi connectivity index (χ4v) is 4.06. The number of benzene rings is 2. The molecule has 2 amide bonds. The third-order valence-electron chi connectivity index (χ3n) is 4.46. The van der Waals surface area contributed by atoms with Gasteiger partial charge in [0.05, 0.1) is 34.6 Å². The second-order valence-electron chi connectivity index (χ2n) is 6.72. The zero-order chi connectivity index (χ0) is 22.0. The third kappa shape index (κ3) is 4.85. The van der Waals surface area contributed by atoms with Gasteiger partial charge in [-0.1, -0.05) is 30.3 Å². The molecule has 1 aromatic heterocycles. The van der Waals surface area contributed by atoms with Crippen molar-refractivity contribution < 1.29 is 22.8 Å². The first-order valence-electron chi connectivity index (χ1n) is 9.16. The molecule has 2 heterocycles. The lowest BCUT2D eigenvalue weighted by atomic mass is 10.1. The normalized spacial score (nSPS) is 15.7. The van der Waals surface area contributed by atoms with Crippen molar-refractivity contribution in [1.82, 2.24) is 9.97 Å². The Morgan fingerprint density at radius 2 is 1.81 bits per heavy atom. The predicted octanol–water partition coefficient (Wildman–Crippen LogP) is 4.60. The van der Waals surface area contributed by atoms with E-state index in [1.165, 1.54) is 18.5 Å². The van der Waals surface area contributed by atoms with Crippen LogP contribution in [0.2, 0.25) is 0 Å². The molecule has 0 aliphatic carbocycles. The van der Waals surface area contributed by atoms with Gasteiger partial charge in [-0.15, -0.1) is 11.8 Å². The van der Waals surface area contributed by atoms with E-state index in [1.54, 1.807) is 0 Å². The molecule has 1 atom stereocenters. The lowest BCUT2D eigenvalue weighted by Crippen LogP contribution is -2.32. The minimum atomic E-state index is -4.50. The molecule has 2 aromatic carbocycles. The molecule has 6 nitrogen and oxygen atoms in total. The number of carbonyl (C=O) groups excluding carboxylic acids is 2. The number of amides is 2. The SMILES string of the molecule is O=C(C[C@@H]1Sc2ccc(C(F)(F)F)cc2NC1=O)Nc1cnc(-c2ccccc2)nc1. The van der Waals surface area contributed by atoms with E-state index in [9.17, 15) is 22.8 Å². The standard InChI is InChI=1S/C21H15F3N4O2S/c22-21(23,24)13-6-7-16-15(8-13)28-20(30)17(31-16)9-18(29)27-14-10-25-19(26-11-14)12-4-2-1-3-5-12/h1-8,10-11,17H,9H2,(H,27,29)(H,28,30)/t17-/m0/s1. The summed E-state index contributed by atoms with van der Waals surface area (Å²) in [6.45, 7) is 0. The van der Waals surface area contributed by atoms with Crippen LogP contribution in [0.15, 0.2) is 65.8 Å². The highest BCUT2D eigenvalue weighted by Crippen LogP contribution is 2.40. The summed E-state index contributed by atoms with van der Waals surface area (Å²) in [5.41, 5.74) is 0.456. The van der Waals surface area contributed by atoms with Gasteiger partial charge in [-0.2, -0.15) is 13.2 Å². The van der Waals surface area contributed by atoms with E-state index in [-0.39, 0.29) is 12.1 Å². The van der Waals surface area contributed by atoms with E-state index in [0.717, 1.165) is 29.5 Å². The molecule has 1 aliphatic rings. The van der Waals surface area contributed by atoms with Crippen molar-refractivity contribution in [3.05, 3.63) is 66.5 Å². The molecule has 2 N–H and O–H groups in total. The predicted molar refractivity (Wildman–Crippen MR) is 110 cm³/mol. The highest BCUT2D eigenvalue weighted by atomic mass is 32.2. The first kappa shape index (κ1) is 20.9. The maximum atomic E-state index is 12.8. The van der Waals surface area contributed by atoms with Crippen LogP contribution in [0.1, 0.15) is 12.0 Å². The maximum absolute atomic E-state index is 12.8. The Kier molecular flexibility index (Phi) is 5.64. The van der Waals surface area contributed by atoms with Crippen molar-refractivity contribution in [2.75, 3.05) is 10.6 Å². The van der Waals surface area contributed by atoms with Crippen LogP contribution in [0.5, 0.6) is 0 Å². The number of nitrogens with one attached hydrogen (secondary N) is 2. The van der Waals surface area contributed by atoms with Gasteiger partial charge in [0.25, 0.3) is 0 Å². The summed E-state index contributed by atoms with van der Waals surface area (Å²) in [5.74, 6) is -0.447. The molecular formula is C21H15F3N4O2S. The lowest BCUT2D eigenvalue weighted by Gasteiger charge is -2.24. The van der Waals surface area contributed by atoms with Crippen LogP contribution in [0.4, 0.5) is 24.5 Å². The molecule has 4 rings (SSSR count). The molecule has 3 aromatic rings. The number of hydrogen-bond acceptors (Lipinski definition) is 5. The average Bonchev–Trinajstić information content (AvgIpc) is 2.74. The Bertz CT molecular complexity index is 1120. The van der Waals surface area contributed by atoms with Gasteiger partial charge in [-0.25, -0.2) is 9.97 Å². The third-order valence-corrected chi connectivity index (χ3v) is 5.74. The Morgan fingerprint density at radius 1 is 1.10 bits per heavy atom. The molecule has 0 saturated carbocycles. The minimum absolute atomic E-state index is 0.0892. The molecule has 0 saturated heterocycles. The second-order valence-corrected chi connectivity index (χ2v) is 7.96. The van der Waals surface area contributed by atoms with Gasteiger partial charge in [0.2, 0.25) is 11.8 Å². The molecule has 31 heavy (non-hydrogen) atoms. The van der Waals surface area contributed by atoms with E-state index in [0.29, 0.717) is 16.4 Å². The van der Waals surface area contributed by atoms with Crippen molar-refractivity contribution in [3.8, 4) is 11.4 Å². The Labute approximate surface area is 179 Å². The topological polar surface area (TPSA) is 84.0 Å². The highest BCUT2D eigenvalue weighted by Gasteiger charge is 2.34. The van der Waals surface area contributed by atoms with Gasteiger partial charge in [-0.05, 0) is 18.2 Å². The second kappa shape index (κ2) is 8.38. The van der Waals surface area contributed by atoms with Crippen LogP contribution < -0.4 is 10.6 Å². The molecule has 10 heteroatoms. The summed E-state index contributed by atoms with van der Waals surface area (Å²) >= 11 is 1.05. The largest absolute Gasteiger partial charge is 0.416 e. The first-order chi connectivity index (χ1) is 14.8. The molecule has 0 fully saturated rings. The Balaban J connectivity index is 1.39. The number of carbonyl (C=O) groups is 2. The minimum Gasteiger partial charge on any atom is -0.324 e. The molecule has 0 unspecified atom stereocenters. The van der Waals surface area contributed by atoms with Crippen LogP contribution in [0.3, 0.4) is 0 Å². The molecular weight excluding hydrogens is 429 g/mol. The fourth-order valence-electron chi connectivity index (χ4n) is 2.97. The van der Waals surface area contributed by atoms with Gasteiger partial charge < -0.3 is 10.6 Å². The lowest BCUT2D eigenvalue weighted by molar-refractivity contribution is -0.137. The Morgan fingerprint density at radius 3 is 2.48 bits per heavy atom. The van der Waals surface area contributed by atoms with Gasteiger partial charge in [0.1, 0.15) is 0 Å². The highest BCUT2D eigenvalue weighted by molar-refractivity contribution is 8.01. The first-order valence-corrected chi connectivity index (χ1v) is 10.0. The summed E-state index contributed by atoms with van der Waals surface area (Å²) in [4.78, 5) is 33.6. The number of aromatic nitrogens is 2. The van der Waals surface area contributed by atoms with E-state index in [2.05, 4.69) is 20.6 Å². The quantitative estimate of drug-likeness (QED) is 0.614. The van der Waals surface area contributed by atoms with Crippen LogP contribution >= 0.6 is 11.8 Å². The van der Waals surface area contributed by atoms with Crippen LogP contribution in [-0.2, 0) is 15.8 Å². The molecule has 0 radical (unpaired) electrons. The monoisotopic (exact) mass is 444 g/mol. The average molecular weight is 444 g/mol. The van der Waals surface area contributed by atoms with Gasteiger partial charge >= 0.3 is 6.18 Å². The van der Waals surface area contributed by atoms with E-state index >= 15 is 0 Å². The van der Waals surface area contributed by atoms with Crippen molar-refractivity contribution in [1.29, 1.82) is 0 Å². The number of nitrogens with zero attached hydrogens (tertiary/aromatic N) is 2. The number of anilines is 2. The molecule has 0 bridgehead atoms. The van der Waals surface area contributed by atoms with Gasteiger partial charge in [-0.3, -0.25) is 9.59 Å². The number of alkyl halides is 3. The molecule has 158 valence electrons. The van der Waals surface area contributed by atoms with Gasteiger partial charge in [0, 0.05) is 16.9 Å². The summed E-state index contributed by atoms with van der Waals surface area (Å²) in [6.07, 6.45) is -1.72. The number of thioether (sulfide) groups is 1. The Hall–Kier alpha value is -3.40. The smallest absolute Gasteiger partial charge is 0.324 e.